The molecular formula is C26H22FN5O3S. The Bertz CT molecular complexity index is 1540. The lowest BCUT2D eigenvalue weighted by Crippen LogP contribution is -2.26. The highest BCUT2D eigenvalue weighted by Crippen LogP contribution is 2.33. The Morgan fingerprint density at radius 1 is 1.00 bits per heavy atom. The maximum Gasteiger partial charge on any atom is 0.241 e. The van der Waals surface area contributed by atoms with Crippen molar-refractivity contribution in [3.05, 3.63) is 95.9 Å². The molecule has 1 amide bonds. The first-order chi connectivity index (χ1) is 17.3. The summed E-state index contributed by atoms with van der Waals surface area (Å²) in [6.45, 7) is 1.69. The lowest BCUT2D eigenvalue weighted by atomic mass is 10.1. The molecule has 1 aliphatic heterocycles. The van der Waals surface area contributed by atoms with E-state index in [1.165, 1.54) is 24.3 Å². The van der Waals surface area contributed by atoms with Gasteiger partial charge in [0, 0.05) is 29.1 Å². The summed E-state index contributed by atoms with van der Waals surface area (Å²) in [4.78, 5) is 21.2. The summed E-state index contributed by atoms with van der Waals surface area (Å²) < 4.78 is 41.4. The van der Waals surface area contributed by atoms with E-state index in [1.807, 2.05) is 24.3 Å². The van der Waals surface area contributed by atoms with Crippen LogP contribution in [-0.4, -0.2) is 24.3 Å². The number of benzene rings is 3. The predicted molar refractivity (Wildman–Crippen MR) is 135 cm³/mol. The van der Waals surface area contributed by atoms with Crippen LogP contribution in [0.1, 0.15) is 24.1 Å². The van der Waals surface area contributed by atoms with Gasteiger partial charge in [-0.1, -0.05) is 30.3 Å². The van der Waals surface area contributed by atoms with Crippen LogP contribution in [0.2, 0.25) is 0 Å². The summed E-state index contributed by atoms with van der Waals surface area (Å²) in [5.74, 6) is -0.203. The summed E-state index contributed by atoms with van der Waals surface area (Å²) in [6, 6.07) is 18.7. The molecular weight excluding hydrogens is 481 g/mol. The van der Waals surface area contributed by atoms with Crippen molar-refractivity contribution in [2.45, 2.75) is 24.3 Å². The van der Waals surface area contributed by atoms with E-state index in [4.69, 9.17) is 0 Å². The third-order valence-corrected chi connectivity index (χ3v) is 7.35. The van der Waals surface area contributed by atoms with Crippen molar-refractivity contribution >= 4 is 33.3 Å². The number of carbonyl (C=O) groups excluding carboxylic acids is 1. The van der Waals surface area contributed by atoms with E-state index in [-0.39, 0.29) is 23.0 Å². The highest BCUT2D eigenvalue weighted by molar-refractivity contribution is 7.89. The van der Waals surface area contributed by atoms with Gasteiger partial charge in [-0.25, -0.2) is 27.5 Å². The third kappa shape index (κ3) is 4.95. The molecule has 0 bridgehead atoms. The molecule has 0 saturated carbocycles. The van der Waals surface area contributed by atoms with Gasteiger partial charge in [0.2, 0.25) is 21.9 Å². The molecule has 0 radical (unpaired) electrons. The van der Waals surface area contributed by atoms with Gasteiger partial charge in [0.1, 0.15) is 5.82 Å². The Morgan fingerprint density at radius 3 is 2.47 bits per heavy atom. The zero-order valence-electron chi connectivity index (χ0n) is 19.2. The molecule has 1 atom stereocenters. The van der Waals surface area contributed by atoms with Gasteiger partial charge in [-0.3, -0.25) is 4.79 Å². The van der Waals surface area contributed by atoms with E-state index in [0.29, 0.717) is 34.1 Å². The van der Waals surface area contributed by atoms with E-state index in [9.17, 15) is 17.6 Å². The Hall–Kier alpha value is -4.15. The second-order valence-electron chi connectivity index (χ2n) is 8.38. The molecule has 5 rings (SSSR count). The molecule has 0 fully saturated rings. The first-order valence-corrected chi connectivity index (χ1v) is 12.7. The zero-order chi connectivity index (χ0) is 25.3. The van der Waals surface area contributed by atoms with Gasteiger partial charge in [-0.15, -0.1) is 0 Å². The Kier molecular flexibility index (Phi) is 6.21. The van der Waals surface area contributed by atoms with Crippen molar-refractivity contribution in [1.82, 2.24) is 14.7 Å². The van der Waals surface area contributed by atoms with Crippen molar-refractivity contribution in [2.24, 2.45) is 0 Å². The second kappa shape index (κ2) is 9.48. The molecule has 0 saturated heterocycles. The normalized spacial score (nSPS) is 13.7. The maximum atomic E-state index is 13.2. The van der Waals surface area contributed by atoms with Crippen LogP contribution in [-0.2, 0) is 21.2 Å². The highest BCUT2D eigenvalue weighted by atomic mass is 32.2. The molecule has 2 heterocycles. The van der Waals surface area contributed by atoms with E-state index in [2.05, 4.69) is 25.3 Å². The van der Waals surface area contributed by atoms with Crippen molar-refractivity contribution in [3.63, 3.8) is 0 Å². The average molecular weight is 504 g/mol. The molecule has 182 valence electrons. The van der Waals surface area contributed by atoms with Crippen LogP contribution >= 0.6 is 0 Å². The number of amides is 1. The zero-order valence-corrected chi connectivity index (χ0v) is 20.0. The van der Waals surface area contributed by atoms with E-state index in [0.717, 1.165) is 5.56 Å². The Morgan fingerprint density at radius 2 is 1.72 bits per heavy atom. The number of anilines is 3. The van der Waals surface area contributed by atoms with Gasteiger partial charge in [0.25, 0.3) is 0 Å². The van der Waals surface area contributed by atoms with Crippen molar-refractivity contribution in [3.8, 4) is 11.3 Å². The number of hydrogen-bond donors (Lipinski definition) is 3. The van der Waals surface area contributed by atoms with Crippen LogP contribution in [0.15, 0.2) is 83.9 Å². The lowest BCUT2D eigenvalue weighted by Gasteiger charge is -2.15. The van der Waals surface area contributed by atoms with E-state index >= 15 is 0 Å². The summed E-state index contributed by atoms with van der Waals surface area (Å²) >= 11 is 0. The number of aromatic nitrogens is 2. The monoisotopic (exact) mass is 503 g/mol. The number of hydrogen-bond acceptors (Lipinski definition) is 6. The summed E-state index contributed by atoms with van der Waals surface area (Å²) in [6.07, 6.45) is 1.78. The van der Waals surface area contributed by atoms with Crippen molar-refractivity contribution in [1.29, 1.82) is 0 Å². The molecule has 0 spiro atoms. The van der Waals surface area contributed by atoms with Gasteiger partial charge in [0.15, 0.2) is 0 Å². The van der Waals surface area contributed by atoms with Gasteiger partial charge < -0.3 is 10.6 Å². The third-order valence-electron chi connectivity index (χ3n) is 5.79. The van der Waals surface area contributed by atoms with Gasteiger partial charge in [-0.2, -0.15) is 0 Å². The molecule has 1 aliphatic rings. The number of carbonyl (C=O) groups is 1. The Balaban J connectivity index is 1.34. The van der Waals surface area contributed by atoms with Gasteiger partial charge in [-0.05, 0) is 55.0 Å². The number of rotatable bonds is 6. The lowest BCUT2D eigenvalue weighted by molar-refractivity contribution is -0.115. The number of nitrogens with one attached hydrogen (secondary N) is 3. The number of para-hydroxylation sites is 1. The molecule has 4 aromatic rings. The van der Waals surface area contributed by atoms with Crippen LogP contribution in [0.4, 0.5) is 21.7 Å². The molecule has 3 N–H and O–H groups in total. The average Bonchev–Trinajstić information content (AvgIpc) is 2.99. The van der Waals surface area contributed by atoms with Crippen LogP contribution in [0.3, 0.4) is 0 Å². The molecule has 8 nitrogen and oxygen atoms in total. The second-order valence-corrected chi connectivity index (χ2v) is 10.1. The highest BCUT2D eigenvalue weighted by Gasteiger charge is 2.21. The largest absolute Gasteiger partial charge is 0.325 e. The quantitative estimate of drug-likeness (QED) is 0.356. The minimum Gasteiger partial charge on any atom is -0.325 e. The fraction of sp³-hybridized carbons (Fsp3) is 0.115. The first-order valence-electron chi connectivity index (χ1n) is 11.2. The molecule has 10 heteroatoms. The number of nitrogens with zero attached hydrogens (tertiary/aromatic N) is 2. The maximum absolute atomic E-state index is 13.2. The minimum absolute atomic E-state index is 0.0865. The predicted octanol–water partition coefficient (Wildman–Crippen LogP) is 4.56. The van der Waals surface area contributed by atoms with Crippen molar-refractivity contribution in [2.75, 3.05) is 10.6 Å². The van der Waals surface area contributed by atoms with E-state index in [1.54, 1.807) is 37.4 Å². The van der Waals surface area contributed by atoms with Gasteiger partial charge >= 0.3 is 0 Å². The van der Waals surface area contributed by atoms with Crippen LogP contribution < -0.4 is 15.4 Å². The smallest absolute Gasteiger partial charge is 0.241 e. The molecule has 36 heavy (non-hydrogen) atoms. The number of sulfonamides is 1. The van der Waals surface area contributed by atoms with Crippen LogP contribution in [0, 0.1) is 5.82 Å². The molecule has 1 aromatic heterocycles. The van der Waals surface area contributed by atoms with E-state index < -0.39 is 16.1 Å². The minimum atomic E-state index is -3.80. The van der Waals surface area contributed by atoms with Crippen LogP contribution in [0.25, 0.3) is 11.3 Å². The fourth-order valence-electron chi connectivity index (χ4n) is 3.96. The molecule has 3 aromatic carbocycles. The van der Waals surface area contributed by atoms with Crippen molar-refractivity contribution < 1.29 is 17.6 Å². The Labute approximate surface area is 207 Å². The SMILES string of the molecule is CC(NS(=O)(=O)c1ccc(Nc2ncc3c(n2)-c2ccccc2NC(=O)C3)cc1)c1ccc(F)cc1. The van der Waals surface area contributed by atoms with Gasteiger partial charge in [0.05, 0.1) is 22.7 Å². The number of fused-ring (bicyclic) bond motifs is 3. The molecule has 1 unspecified atom stereocenters. The summed E-state index contributed by atoms with van der Waals surface area (Å²) in [7, 11) is -3.80. The fourth-order valence-corrected chi connectivity index (χ4v) is 5.19. The molecule has 0 aliphatic carbocycles. The standard InChI is InChI=1S/C26H22FN5O3S/c1-16(17-6-8-19(27)9-7-17)32-36(34,35)21-12-10-20(11-13-21)29-26-28-15-18-14-24(33)30-23-5-3-2-4-22(23)25(18)31-26/h2-13,15-16,32H,14H2,1H3,(H,30,33)(H,28,29,31). The topological polar surface area (TPSA) is 113 Å². The number of halogens is 1. The summed E-state index contributed by atoms with van der Waals surface area (Å²) in [5, 5.41) is 5.97. The summed E-state index contributed by atoms with van der Waals surface area (Å²) in [5.41, 5.74) is 4.09. The first kappa shape index (κ1) is 23.6. The van der Waals surface area contributed by atoms with Crippen LogP contribution in [0.5, 0.6) is 0 Å².